The zero-order valence-corrected chi connectivity index (χ0v) is 16.4. The highest BCUT2D eigenvalue weighted by Crippen LogP contribution is 2.25. The number of carbonyl (C=O) groups is 2. The standard InChI is InChI=1S/C23H24N2O3/c1-4-5-6-17-7-8-19(25-10-9-24-14-25)13-20(17)22(26)21-15(2)11-18(23(27)28)12-16(21)3/h7-14H,4-6H2,1-3H3,(H,27,28). The molecule has 0 fully saturated rings. The summed E-state index contributed by atoms with van der Waals surface area (Å²) in [6, 6.07) is 9.03. The van der Waals surface area contributed by atoms with E-state index in [0.717, 1.165) is 30.5 Å². The summed E-state index contributed by atoms with van der Waals surface area (Å²) in [5.74, 6) is -1.06. The van der Waals surface area contributed by atoms with Gasteiger partial charge in [0.1, 0.15) is 0 Å². The Balaban J connectivity index is 2.11. The van der Waals surface area contributed by atoms with Crippen molar-refractivity contribution in [2.24, 2.45) is 0 Å². The maximum atomic E-state index is 13.5. The molecule has 0 aliphatic carbocycles. The maximum Gasteiger partial charge on any atom is 0.335 e. The molecule has 0 aliphatic heterocycles. The number of hydrogen-bond acceptors (Lipinski definition) is 3. The van der Waals surface area contributed by atoms with Gasteiger partial charge in [0, 0.05) is 29.2 Å². The highest BCUT2D eigenvalue weighted by Gasteiger charge is 2.20. The van der Waals surface area contributed by atoms with Crippen molar-refractivity contribution < 1.29 is 14.7 Å². The lowest BCUT2D eigenvalue weighted by molar-refractivity contribution is 0.0696. The van der Waals surface area contributed by atoms with Crippen LogP contribution in [0.25, 0.3) is 5.69 Å². The fourth-order valence-electron chi connectivity index (χ4n) is 3.51. The number of carboxylic acids is 1. The summed E-state index contributed by atoms with van der Waals surface area (Å²) < 4.78 is 1.87. The number of imidazole rings is 1. The second kappa shape index (κ2) is 8.21. The number of unbranched alkanes of at least 4 members (excludes halogenated alkanes) is 1. The van der Waals surface area contributed by atoms with Gasteiger partial charge in [-0.2, -0.15) is 0 Å². The number of aromatic nitrogens is 2. The Morgan fingerprint density at radius 2 is 1.82 bits per heavy atom. The third kappa shape index (κ3) is 3.88. The number of carboxylic acid groups (broad SMARTS) is 1. The van der Waals surface area contributed by atoms with Crippen LogP contribution in [0.2, 0.25) is 0 Å². The third-order valence-electron chi connectivity index (χ3n) is 4.95. The molecular formula is C23H24N2O3. The topological polar surface area (TPSA) is 72.2 Å². The van der Waals surface area contributed by atoms with Crippen molar-refractivity contribution in [3.8, 4) is 5.69 Å². The second-order valence-corrected chi connectivity index (χ2v) is 7.03. The van der Waals surface area contributed by atoms with E-state index in [9.17, 15) is 14.7 Å². The first-order valence-corrected chi connectivity index (χ1v) is 9.42. The molecule has 0 saturated heterocycles. The van der Waals surface area contributed by atoms with Crippen LogP contribution >= 0.6 is 0 Å². The van der Waals surface area contributed by atoms with Gasteiger partial charge in [0.25, 0.3) is 0 Å². The predicted molar refractivity (Wildman–Crippen MR) is 108 cm³/mol. The minimum atomic E-state index is -0.990. The molecule has 0 unspecified atom stereocenters. The lowest BCUT2D eigenvalue weighted by Gasteiger charge is -2.15. The Labute approximate surface area is 164 Å². The molecule has 3 rings (SSSR count). The Hall–Kier alpha value is -3.21. The van der Waals surface area contributed by atoms with Crippen molar-refractivity contribution in [1.29, 1.82) is 0 Å². The van der Waals surface area contributed by atoms with Crippen LogP contribution < -0.4 is 0 Å². The number of benzene rings is 2. The largest absolute Gasteiger partial charge is 0.478 e. The van der Waals surface area contributed by atoms with Crippen molar-refractivity contribution in [3.63, 3.8) is 0 Å². The molecular weight excluding hydrogens is 352 g/mol. The van der Waals surface area contributed by atoms with Crippen molar-refractivity contribution in [2.75, 3.05) is 0 Å². The summed E-state index contributed by atoms with van der Waals surface area (Å²) in [6.07, 6.45) is 8.11. The molecule has 0 amide bonds. The van der Waals surface area contributed by atoms with E-state index in [0.29, 0.717) is 22.3 Å². The average molecular weight is 376 g/mol. The van der Waals surface area contributed by atoms with E-state index in [2.05, 4.69) is 11.9 Å². The molecule has 0 bridgehead atoms. The van der Waals surface area contributed by atoms with Gasteiger partial charge in [-0.3, -0.25) is 4.79 Å². The number of nitrogens with zero attached hydrogens (tertiary/aromatic N) is 2. The first-order chi connectivity index (χ1) is 13.4. The Morgan fingerprint density at radius 1 is 1.11 bits per heavy atom. The van der Waals surface area contributed by atoms with E-state index in [1.54, 1.807) is 38.5 Å². The van der Waals surface area contributed by atoms with E-state index in [4.69, 9.17) is 0 Å². The molecule has 0 saturated carbocycles. The van der Waals surface area contributed by atoms with Crippen molar-refractivity contribution in [3.05, 3.63) is 82.4 Å². The van der Waals surface area contributed by atoms with Crippen molar-refractivity contribution in [1.82, 2.24) is 9.55 Å². The predicted octanol–water partition coefficient (Wildman–Crippen LogP) is 4.76. The van der Waals surface area contributed by atoms with Gasteiger partial charge in [-0.25, -0.2) is 9.78 Å². The lowest BCUT2D eigenvalue weighted by atomic mass is 9.89. The van der Waals surface area contributed by atoms with Crippen LogP contribution in [0.5, 0.6) is 0 Å². The number of aromatic carboxylic acids is 1. The normalized spacial score (nSPS) is 10.8. The van der Waals surface area contributed by atoms with Crippen LogP contribution in [-0.4, -0.2) is 26.4 Å². The first-order valence-electron chi connectivity index (χ1n) is 9.42. The van der Waals surface area contributed by atoms with Crippen LogP contribution in [0.1, 0.15) is 62.7 Å². The van der Waals surface area contributed by atoms with Gasteiger partial charge < -0.3 is 9.67 Å². The molecule has 5 heteroatoms. The fraction of sp³-hybridized carbons (Fsp3) is 0.261. The molecule has 0 atom stereocenters. The SMILES string of the molecule is CCCCc1ccc(-n2ccnc2)cc1C(=O)c1c(C)cc(C(=O)O)cc1C. The second-order valence-electron chi connectivity index (χ2n) is 7.03. The summed E-state index contributed by atoms with van der Waals surface area (Å²) in [5.41, 5.74) is 4.67. The van der Waals surface area contributed by atoms with E-state index < -0.39 is 5.97 Å². The van der Waals surface area contributed by atoms with Gasteiger partial charge in [-0.15, -0.1) is 0 Å². The van der Waals surface area contributed by atoms with Gasteiger partial charge in [-0.1, -0.05) is 19.4 Å². The number of rotatable bonds is 7. The van der Waals surface area contributed by atoms with Crippen LogP contribution in [0.4, 0.5) is 0 Å². The Bertz CT molecular complexity index is 997. The number of ketones is 1. The maximum absolute atomic E-state index is 13.5. The van der Waals surface area contributed by atoms with Crippen molar-refractivity contribution >= 4 is 11.8 Å². The van der Waals surface area contributed by atoms with Crippen LogP contribution in [-0.2, 0) is 6.42 Å². The first kappa shape index (κ1) is 19.5. The molecule has 1 N–H and O–H groups in total. The quantitative estimate of drug-likeness (QED) is 0.603. The van der Waals surface area contributed by atoms with Gasteiger partial charge in [0.05, 0.1) is 11.9 Å². The minimum absolute atomic E-state index is 0.0694. The Kier molecular flexibility index (Phi) is 5.73. The molecule has 1 heterocycles. The minimum Gasteiger partial charge on any atom is -0.478 e. The number of carbonyl (C=O) groups excluding carboxylic acids is 1. The summed E-state index contributed by atoms with van der Waals surface area (Å²) >= 11 is 0. The Morgan fingerprint density at radius 3 is 2.39 bits per heavy atom. The number of hydrogen-bond donors (Lipinski definition) is 1. The average Bonchev–Trinajstić information content (AvgIpc) is 3.20. The fourth-order valence-corrected chi connectivity index (χ4v) is 3.51. The summed E-state index contributed by atoms with van der Waals surface area (Å²) in [7, 11) is 0. The van der Waals surface area contributed by atoms with Crippen LogP contribution in [0, 0.1) is 13.8 Å². The van der Waals surface area contributed by atoms with E-state index in [1.165, 1.54) is 0 Å². The molecule has 3 aromatic rings. The molecule has 0 spiro atoms. The summed E-state index contributed by atoms with van der Waals surface area (Å²) in [6.45, 7) is 5.70. The third-order valence-corrected chi connectivity index (χ3v) is 4.95. The smallest absolute Gasteiger partial charge is 0.335 e. The monoisotopic (exact) mass is 376 g/mol. The zero-order valence-electron chi connectivity index (χ0n) is 16.4. The van der Waals surface area contributed by atoms with Crippen molar-refractivity contribution in [2.45, 2.75) is 40.0 Å². The highest BCUT2D eigenvalue weighted by molar-refractivity contribution is 6.12. The molecule has 144 valence electrons. The van der Waals surface area contributed by atoms with E-state index in [-0.39, 0.29) is 11.3 Å². The van der Waals surface area contributed by atoms with Gasteiger partial charge >= 0.3 is 5.97 Å². The van der Waals surface area contributed by atoms with E-state index >= 15 is 0 Å². The molecule has 0 aliphatic rings. The van der Waals surface area contributed by atoms with Crippen LogP contribution in [0.3, 0.4) is 0 Å². The van der Waals surface area contributed by atoms with Gasteiger partial charge in [-0.05, 0) is 67.6 Å². The zero-order chi connectivity index (χ0) is 20.3. The molecule has 2 aromatic carbocycles. The van der Waals surface area contributed by atoms with E-state index in [1.807, 2.05) is 29.0 Å². The molecule has 0 radical (unpaired) electrons. The molecule has 1 aromatic heterocycles. The number of aryl methyl sites for hydroxylation is 3. The van der Waals surface area contributed by atoms with Crippen LogP contribution in [0.15, 0.2) is 49.1 Å². The lowest BCUT2D eigenvalue weighted by Crippen LogP contribution is -2.12. The molecule has 28 heavy (non-hydrogen) atoms. The summed E-state index contributed by atoms with van der Waals surface area (Å²) in [4.78, 5) is 28.9. The summed E-state index contributed by atoms with van der Waals surface area (Å²) in [5, 5.41) is 9.27. The highest BCUT2D eigenvalue weighted by atomic mass is 16.4. The van der Waals surface area contributed by atoms with Gasteiger partial charge in [0.15, 0.2) is 5.78 Å². The molecule has 5 nitrogen and oxygen atoms in total. The van der Waals surface area contributed by atoms with Gasteiger partial charge in [0.2, 0.25) is 0 Å².